The number of benzene rings is 2. The van der Waals surface area contributed by atoms with Gasteiger partial charge in [0.25, 0.3) is 7.41 Å². The van der Waals surface area contributed by atoms with Crippen LogP contribution in [0.1, 0.15) is 24.8 Å². The second-order valence-corrected chi connectivity index (χ2v) is 7.90. The van der Waals surface area contributed by atoms with Crippen molar-refractivity contribution < 1.29 is 9.18 Å². The highest BCUT2D eigenvalue weighted by molar-refractivity contribution is 6.64. The molecular weight excluding hydrogens is 378 g/mol. The number of nitrogens with one attached hydrogen (secondary N) is 1. The predicted octanol–water partition coefficient (Wildman–Crippen LogP) is 4.01. The zero-order valence-corrected chi connectivity index (χ0v) is 17.1. The third-order valence-electron chi connectivity index (χ3n) is 5.70. The molecule has 153 valence electrons. The molecule has 1 radical (unpaired) electrons. The second kappa shape index (κ2) is 8.84. The van der Waals surface area contributed by atoms with Gasteiger partial charge in [-0.05, 0) is 61.7 Å². The van der Waals surface area contributed by atoms with Crippen molar-refractivity contribution in [3.63, 3.8) is 0 Å². The monoisotopic (exact) mass is 403 g/mol. The van der Waals surface area contributed by atoms with Crippen LogP contribution in [0.25, 0.3) is 21.9 Å². The van der Waals surface area contributed by atoms with Crippen molar-refractivity contribution in [2.45, 2.75) is 32.2 Å². The fourth-order valence-corrected chi connectivity index (χ4v) is 4.26. The number of nitrogens with two attached hydrogens (primary N) is 1. The Hall–Kier alpha value is -2.93. The topological polar surface area (TPSA) is 71.2 Å². The quantitative estimate of drug-likeness (QED) is 0.498. The summed E-state index contributed by atoms with van der Waals surface area (Å²) in [5, 5.41) is 5.50. The smallest absolute Gasteiger partial charge is 0.293 e. The molecule has 0 saturated carbocycles. The van der Waals surface area contributed by atoms with Crippen molar-refractivity contribution in [2.75, 3.05) is 24.1 Å². The van der Waals surface area contributed by atoms with Crippen LogP contribution in [-0.4, -0.2) is 42.5 Å². The maximum Gasteiger partial charge on any atom is 0.293 e. The molecule has 0 bridgehead atoms. The van der Waals surface area contributed by atoms with Crippen LogP contribution in [0.5, 0.6) is 0 Å². The van der Waals surface area contributed by atoms with Crippen molar-refractivity contribution in [2.24, 2.45) is 0 Å². The number of anilines is 2. The molecule has 7 heteroatoms. The van der Waals surface area contributed by atoms with Crippen molar-refractivity contribution >= 4 is 35.9 Å². The molecule has 1 aliphatic rings. The van der Waals surface area contributed by atoms with E-state index in [1.807, 2.05) is 31.2 Å². The van der Waals surface area contributed by atoms with Gasteiger partial charge in [-0.25, -0.2) is 9.37 Å². The van der Waals surface area contributed by atoms with Crippen LogP contribution in [0.4, 0.5) is 15.9 Å². The molecule has 30 heavy (non-hydrogen) atoms. The number of halogens is 1. The Morgan fingerprint density at radius 3 is 2.97 bits per heavy atom. The molecule has 0 amide bonds. The minimum Gasteiger partial charge on any atom is -0.384 e. The number of nitrogens with zero attached hydrogens (tertiary/aromatic N) is 2. The number of hydrogen-bond acceptors (Lipinski definition) is 5. The summed E-state index contributed by atoms with van der Waals surface area (Å²) in [6.45, 7) is 3.53. The maximum atomic E-state index is 14.7. The normalized spacial score (nSPS) is 17.5. The predicted molar refractivity (Wildman–Crippen MR) is 122 cm³/mol. The van der Waals surface area contributed by atoms with Crippen LogP contribution < -0.4 is 11.1 Å². The third-order valence-corrected chi connectivity index (χ3v) is 5.70. The molecule has 3 N–H and O–H groups in total. The Kier molecular flexibility index (Phi) is 5.99. The minimum absolute atomic E-state index is 0.165. The van der Waals surface area contributed by atoms with E-state index in [2.05, 4.69) is 15.1 Å². The first-order valence-electron chi connectivity index (χ1n) is 10.3. The number of aryl methyl sites for hydroxylation is 1. The Balaban J connectivity index is 1.77. The Labute approximate surface area is 176 Å². The number of rotatable bonds is 5. The third kappa shape index (κ3) is 4.31. The van der Waals surface area contributed by atoms with Crippen molar-refractivity contribution in [1.82, 2.24) is 9.79 Å². The lowest BCUT2D eigenvalue weighted by Crippen LogP contribution is -2.38. The van der Waals surface area contributed by atoms with Gasteiger partial charge in [0.15, 0.2) is 0 Å². The number of nitrogen functional groups attached to an aromatic ring is 1. The number of pyridine rings is 1. The lowest BCUT2D eigenvalue weighted by atomic mass is 9.93. The van der Waals surface area contributed by atoms with Crippen LogP contribution in [0.3, 0.4) is 0 Å². The molecule has 2 aromatic carbocycles. The van der Waals surface area contributed by atoms with Crippen molar-refractivity contribution in [3.8, 4) is 11.1 Å². The van der Waals surface area contributed by atoms with Crippen LogP contribution in [0, 0.1) is 12.7 Å². The second-order valence-electron chi connectivity index (χ2n) is 7.90. The van der Waals surface area contributed by atoms with Crippen LogP contribution in [0.15, 0.2) is 42.6 Å². The largest absolute Gasteiger partial charge is 0.384 e. The molecule has 0 unspecified atom stereocenters. The van der Waals surface area contributed by atoms with Gasteiger partial charge < -0.3 is 20.7 Å². The van der Waals surface area contributed by atoms with Gasteiger partial charge >= 0.3 is 0 Å². The summed E-state index contributed by atoms with van der Waals surface area (Å²) in [5.74, 6) is 0.196. The first kappa shape index (κ1) is 20.4. The highest BCUT2D eigenvalue weighted by Crippen LogP contribution is 2.35. The summed E-state index contributed by atoms with van der Waals surface area (Å²) >= 11 is 0. The molecular formula is C23H25BFN4O. The fraction of sp³-hybridized carbons (Fsp3) is 0.304. The molecule has 1 aliphatic heterocycles. The summed E-state index contributed by atoms with van der Waals surface area (Å²) in [4.78, 5) is 17.2. The minimum atomic E-state index is -0.245. The summed E-state index contributed by atoms with van der Waals surface area (Å²) in [6, 6.07) is 11.1. The summed E-state index contributed by atoms with van der Waals surface area (Å²) in [7, 11) is 1.61. The Morgan fingerprint density at radius 1 is 1.30 bits per heavy atom. The van der Waals surface area contributed by atoms with Gasteiger partial charge in [0.2, 0.25) is 0 Å². The molecule has 1 atom stereocenters. The molecule has 1 fully saturated rings. The number of carbonyl (C=O) groups is 1. The molecule has 0 aliphatic carbocycles. The van der Waals surface area contributed by atoms with E-state index in [0.717, 1.165) is 66.1 Å². The van der Waals surface area contributed by atoms with Crippen LogP contribution >= 0.6 is 0 Å². The molecule has 2 heterocycles. The van der Waals surface area contributed by atoms with Crippen molar-refractivity contribution in [1.29, 1.82) is 0 Å². The molecule has 5 nitrogen and oxygen atoms in total. The Bertz CT molecular complexity index is 1050. The molecule has 0 spiro atoms. The average molecular weight is 403 g/mol. The maximum absolute atomic E-state index is 14.7. The van der Waals surface area contributed by atoms with E-state index >= 15 is 0 Å². The fourth-order valence-electron chi connectivity index (χ4n) is 4.26. The first-order chi connectivity index (χ1) is 14.5. The van der Waals surface area contributed by atoms with E-state index < -0.39 is 0 Å². The van der Waals surface area contributed by atoms with Crippen LogP contribution in [0.2, 0.25) is 0 Å². The van der Waals surface area contributed by atoms with Gasteiger partial charge in [0, 0.05) is 40.8 Å². The molecule has 4 rings (SSSR count). The molecule has 1 aromatic heterocycles. The lowest BCUT2D eigenvalue weighted by molar-refractivity contribution is 0.447. The van der Waals surface area contributed by atoms with E-state index in [0.29, 0.717) is 11.4 Å². The zero-order valence-electron chi connectivity index (χ0n) is 17.1. The summed E-state index contributed by atoms with van der Waals surface area (Å²) < 4.78 is 14.7. The van der Waals surface area contributed by atoms with E-state index in [4.69, 9.17) is 5.73 Å². The van der Waals surface area contributed by atoms with Gasteiger partial charge in [-0.3, -0.25) is 0 Å². The Morgan fingerprint density at radius 2 is 2.17 bits per heavy atom. The number of aromatic nitrogens is 1. The average Bonchev–Trinajstić information content (AvgIpc) is 2.93. The summed E-state index contributed by atoms with van der Waals surface area (Å²) in [6.07, 6.45) is 5.69. The molecule has 1 saturated heterocycles. The highest BCUT2D eigenvalue weighted by atomic mass is 19.1. The zero-order chi connectivity index (χ0) is 21.1. The molecule has 3 aromatic rings. The number of fused-ring (bicyclic) bond motifs is 1. The van der Waals surface area contributed by atoms with Gasteiger partial charge in [-0.2, -0.15) is 0 Å². The number of carbonyl (C=O) groups excluding carboxylic acids is 1. The highest BCUT2D eigenvalue weighted by Gasteiger charge is 2.20. The van der Waals surface area contributed by atoms with Gasteiger partial charge in [0.05, 0.1) is 6.19 Å². The van der Waals surface area contributed by atoms with E-state index in [-0.39, 0.29) is 11.9 Å². The van der Waals surface area contributed by atoms with E-state index in [9.17, 15) is 9.18 Å². The number of hydrogen-bond donors (Lipinski definition) is 2. The standard InChI is InChI=1S/C23H25BFN4O/c1-15-5-4-7-20(25)23(15)16-9-17-12-27-22(26)11-19(17)21(10-16)28-18-6-2-3-8-29(13-18)24-14-30/h4-5,7,9-12,14,18,28H,2-3,6,8,13H2,1H3,(H2,26,27)/t18-/m0/s1. The van der Waals surface area contributed by atoms with Crippen molar-refractivity contribution in [3.05, 3.63) is 54.0 Å². The van der Waals surface area contributed by atoms with Crippen LogP contribution in [-0.2, 0) is 4.79 Å². The lowest BCUT2D eigenvalue weighted by Gasteiger charge is -2.25. The summed E-state index contributed by atoms with van der Waals surface area (Å²) in [5.41, 5.74) is 9.14. The van der Waals surface area contributed by atoms with Gasteiger partial charge in [-0.1, -0.05) is 18.6 Å². The first-order valence-corrected chi connectivity index (χ1v) is 10.3. The van der Waals surface area contributed by atoms with Gasteiger partial charge in [-0.15, -0.1) is 0 Å². The van der Waals surface area contributed by atoms with E-state index in [1.54, 1.807) is 19.7 Å². The van der Waals surface area contributed by atoms with Gasteiger partial charge in [0.1, 0.15) is 11.6 Å². The SMILES string of the molecule is Cc1cccc(F)c1-c1cc(N[C@H]2CCCCN([B]C=O)C2)c2cc(N)ncc2c1. The van der Waals surface area contributed by atoms with E-state index in [1.165, 1.54) is 6.07 Å².